The fourth-order valence-corrected chi connectivity index (χ4v) is 5.63. The minimum atomic E-state index is -3.50. The Morgan fingerprint density at radius 3 is 2.45 bits per heavy atom. The molecule has 1 unspecified atom stereocenters. The summed E-state index contributed by atoms with van der Waals surface area (Å²) in [5.74, 6) is 0. The van der Waals surface area contributed by atoms with Crippen molar-refractivity contribution in [3.8, 4) is 0 Å². The van der Waals surface area contributed by atoms with Crippen molar-refractivity contribution in [2.24, 2.45) is 0 Å². The fraction of sp³-hybridized carbons (Fsp3) is 0.308. The van der Waals surface area contributed by atoms with Gasteiger partial charge < -0.3 is 0 Å². The van der Waals surface area contributed by atoms with Crippen LogP contribution in [0.5, 0.6) is 0 Å². The van der Waals surface area contributed by atoms with Crippen molar-refractivity contribution >= 4 is 37.3 Å². The van der Waals surface area contributed by atoms with E-state index in [9.17, 15) is 8.42 Å². The van der Waals surface area contributed by atoms with Crippen molar-refractivity contribution in [3.05, 3.63) is 44.8 Å². The van der Waals surface area contributed by atoms with E-state index >= 15 is 0 Å². The molecule has 0 saturated carbocycles. The lowest BCUT2D eigenvalue weighted by atomic mass is 10.1. The van der Waals surface area contributed by atoms with Gasteiger partial charge in [0.05, 0.1) is 8.68 Å². The molecule has 0 aliphatic carbocycles. The summed E-state index contributed by atoms with van der Waals surface area (Å²) < 4.78 is 27.6. The second kappa shape index (κ2) is 5.93. The maximum atomic E-state index is 12.7. The van der Waals surface area contributed by atoms with Crippen LogP contribution < -0.4 is 0 Å². The molecule has 0 radical (unpaired) electrons. The van der Waals surface area contributed by atoms with Crippen LogP contribution in [0.15, 0.2) is 39.3 Å². The first-order valence-corrected chi connectivity index (χ1v) is 9.03. The number of aryl methyl sites for hydroxylation is 1. The number of sulfonamides is 1. The van der Waals surface area contributed by atoms with Crippen molar-refractivity contribution < 1.29 is 8.42 Å². The third-order valence-electron chi connectivity index (χ3n) is 3.23. The third kappa shape index (κ3) is 2.95. The molecule has 20 heavy (non-hydrogen) atoms. The molecule has 0 bridgehead atoms. The summed E-state index contributed by atoms with van der Waals surface area (Å²) in [5.41, 5.74) is 0.915. The van der Waals surface area contributed by atoms with Crippen LogP contribution in [-0.2, 0) is 10.0 Å². The van der Waals surface area contributed by atoms with Crippen molar-refractivity contribution in [3.63, 3.8) is 0 Å². The normalized spacial score (nSPS) is 13.7. The van der Waals surface area contributed by atoms with Crippen LogP contribution in [-0.4, -0.2) is 24.8 Å². The van der Waals surface area contributed by atoms with Gasteiger partial charge in [0.25, 0.3) is 0 Å². The summed E-state index contributed by atoms with van der Waals surface area (Å²) in [7, 11) is -1.90. The van der Waals surface area contributed by atoms with Gasteiger partial charge in [-0.15, -0.1) is 11.3 Å². The van der Waals surface area contributed by atoms with Crippen LogP contribution in [0.2, 0.25) is 0 Å². The fourth-order valence-electron chi connectivity index (χ4n) is 1.90. The maximum absolute atomic E-state index is 12.7. The number of hydrogen-bond acceptors (Lipinski definition) is 4. The molecule has 0 amide bonds. The lowest BCUT2D eigenvalue weighted by Gasteiger charge is -2.24. The molecule has 1 atom stereocenters. The Bertz CT molecular complexity index is 698. The lowest BCUT2D eigenvalue weighted by Crippen LogP contribution is -2.30. The molecule has 0 aliphatic rings. The summed E-state index contributed by atoms with van der Waals surface area (Å²) in [5, 5.41) is 0. The van der Waals surface area contributed by atoms with Crippen LogP contribution in [0.25, 0.3) is 0 Å². The van der Waals surface area contributed by atoms with Crippen LogP contribution in [0.1, 0.15) is 23.4 Å². The minimum Gasteiger partial charge on any atom is -0.265 e. The molecular weight excluding hydrogens is 360 g/mol. The van der Waals surface area contributed by atoms with E-state index in [1.165, 1.54) is 15.6 Å². The highest BCUT2D eigenvalue weighted by Gasteiger charge is 2.28. The van der Waals surface area contributed by atoms with E-state index in [1.54, 1.807) is 25.5 Å². The Morgan fingerprint density at radius 1 is 1.35 bits per heavy atom. The first kappa shape index (κ1) is 15.6. The second-order valence-corrected chi connectivity index (χ2v) is 9.05. The molecule has 0 aliphatic heterocycles. The van der Waals surface area contributed by atoms with Gasteiger partial charge in [0.15, 0.2) is 0 Å². The van der Waals surface area contributed by atoms with Crippen LogP contribution in [0.3, 0.4) is 0 Å². The number of pyridine rings is 1. The van der Waals surface area contributed by atoms with Crippen LogP contribution in [0.4, 0.5) is 0 Å². The Labute approximate surface area is 131 Å². The number of hydrogen-bond donors (Lipinski definition) is 0. The molecule has 2 rings (SSSR count). The molecular formula is C13H15BrN2O2S2. The van der Waals surface area contributed by atoms with E-state index < -0.39 is 10.0 Å². The van der Waals surface area contributed by atoms with Gasteiger partial charge in [-0.1, -0.05) is 0 Å². The molecule has 2 aromatic rings. The van der Waals surface area contributed by atoms with Gasteiger partial charge in [-0.2, -0.15) is 4.31 Å². The molecule has 7 heteroatoms. The van der Waals surface area contributed by atoms with Crippen molar-refractivity contribution in [1.29, 1.82) is 0 Å². The lowest BCUT2D eigenvalue weighted by molar-refractivity contribution is 0.398. The van der Waals surface area contributed by atoms with Crippen molar-refractivity contribution in [2.75, 3.05) is 7.05 Å². The summed E-state index contributed by atoms with van der Waals surface area (Å²) in [4.78, 5) is 5.09. The van der Waals surface area contributed by atoms with Gasteiger partial charge in [0.2, 0.25) is 10.0 Å². The number of thiophene rings is 1. The number of rotatable bonds is 4. The van der Waals surface area contributed by atoms with E-state index in [2.05, 4.69) is 20.9 Å². The third-order valence-corrected chi connectivity index (χ3v) is 6.97. The predicted octanol–water partition coefficient (Wildman–Crippen LogP) is 3.60. The summed E-state index contributed by atoms with van der Waals surface area (Å²) in [6, 6.07) is 5.06. The van der Waals surface area contributed by atoms with Crippen LogP contribution >= 0.6 is 27.3 Å². The molecule has 0 saturated heterocycles. The van der Waals surface area contributed by atoms with Gasteiger partial charge in [-0.25, -0.2) is 8.42 Å². The molecule has 0 fully saturated rings. The summed E-state index contributed by atoms with van der Waals surface area (Å²) in [6.07, 6.45) is 3.33. The molecule has 0 N–H and O–H groups in total. The maximum Gasteiger partial charge on any atom is 0.244 e. The van der Waals surface area contributed by atoms with E-state index in [0.717, 1.165) is 14.2 Å². The summed E-state index contributed by atoms with van der Waals surface area (Å²) in [6.45, 7) is 3.68. The molecule has 2 heterocycles. The van der Waals surface area contributed by atoms with Gasteiger partial charge in [0.1, 0.15) is 0 Å². The average molecular weight is 375 g/mol. The average Bonchev–Trinajstić information content (AvgIpc) is 2.77. The van der Waals surface area contributed by atoms with Crippen molar-refractivity contribution in [1.82, 2.24) is 9.29 Å². The molecule has 2 aromatic heterocycles. The largest absolute Gasteiger partial charge is 0.265 e. The standard InChI is InChI=1S/C13H15BrN2O2S2/c1-9(11-4-6-15-7-5-11)16(3)20(17,18)12-8-13(14)19-10(12)2/h4-9H,1-3H3. The highest BCUT2D eigenvalue weighted by molar-refractivity contribution is 9.11. The van der Waals surface area contributed by atoms with Crippen molar-refractivity contribution in [2.45, 2.75) is 24.8 Å². The number of nitrogens with zero attached hydrogens (tertiary/aromatic N) is 2. The summed E-state index contributed by atoms with van der Waals surface area (Å²) >= 11 is 4.76. The topological polar surface area (TPSA) is 50.3 Å². The zero-order chi connectivity index (χ0) is 14.9. The zero-order valence-electron chi connectivity index (χ0n) is 11.4. The highest BCUT2D eigenvalue weighted by Crippen LogP contribution is 2.33. The second-order valence-electron chi connectivity index (χ2n) is 4.45. The SMILES string of the molecule is Cc1sc(Br)cc1S(=O)(=O)N(C)C(C)c1ccncc1. The van der Waals surface area contributed by atoms with Gasteiger partial charge in [-0.05, 0) is 53.5 Å². The van der Waals surface area contributed by atoms with E-state index in [0.29, 0.717) is 4.90 Å². The Kier molecular flexibility index (Phi) is 4.63. The monoisotopic (exact) mass is 374 g/mol. The Hall–Kier alpha value is -0.760. The van der Waals surface area contributed by atoms with Gasteiger partial charge in [-0.3, -0.25) is 4.98 Å². The number of aromatic nitrogens is 1. The zero-order valence-corrected chi connectivity index (χ0v) is 14.6. The van der Waals surface area contributed by atoms with Crippen LogP contribution in [0, 0.1) is 6.92 Å². The van der Waals surface area contributed by atoms with E-state index in [1.807, 2.05) is 26.0 Å². The number of halogens is 1. The first-order chi connectivity index (χ1) is 9.34. The predicted molar refractivity (Wildman–Crippen MR) is 84.4 cm³/mol. The minimum absolute atomic E-state index is 0.249. The molecule has 4 nitrogen and oxygen atoms in total. The van der Waals surface area contributed by atoms with E-state index in [-0.39, 0.29) is 6.04 Å². The molecule has 0 aromatic carbocycles. The molecule has 0 spiro atoms. The van der Waals surface area contributed by atoms with E-state index in [4.69, 9.17) is 0 Å². The smallest absolute Gasteiger partial charge is 0.244 e. The first-order valence-electron chi connectivity index (χ1n) is 5.98. The Balaban J connectivity index is 2.37. The quantitative estimate of drug-likeness (QED) is 0.821. The highest BCUT2D eigenvalue weighted by atomic mass is 79.9. The Morgan fingerprint density at radius 2 is 1.95 bits per heavy atom. The molecule has 108 valence electrons. The van der Waals surface area contributed by atoms with Gasteiger partial charge in [0, 0.05) is 30.4 Å². The van der Waals surface area contributed by atoms with Gasteiger partial charge >= 0.3 is 0 Å².